The van der Waals surface area contributed by atoms with Crippen LogP contribution in [0.3, 0.4) is 0 Å². The predicted molar refractivity (Wildman–Crippen MR) is 85.4 cm³/mol. The molecule has 0 aromatic heterocycles. The highest BCUT2D eigenvalue weighted by atomic mass is 32.2. The SMILES string of the molecule is COc1ccc(S(=O)(=O)NC2(c3ccccc3)CC2)cc1C. The van der Waals surface area contributed by atoms with Gasteiger partial charge in [0.1, 0.15) is 5.75 Å². The minimum absolute atomic E-state index is 0.271. The number of rotatable bonds is 5. The minimum atomic E-state index is -3.56. The Kier molecular flexibility index (Phi) is 3.70. The van der Waals surface area contributed by atoms with Gasteiger partial charge in [0.05, 0.1) is 17.5 Å². The van der Waals surface area contributed by atoms with E-state index in [1.807, 2.05) is 37.3 Å². The fourth-order valence-corrected chi connectivity index (χ4v) is 4.20. The highest BCUT2D eigenvalue weighted by Gasteiger charge is 2.47. The average molecular weight is 317 g/mol. The van der Waals surface area contributed by atoms with E-state index in [0.29, 0.717) is 5.75 Å². The van der Waals surface area contributed by atoms with E-state index < -0.39 is 15.6 Å². The van der Waals surface area contributed by atoms with E-state index in [1.165, 1.54) is 0 Å². The van der Waals surface area contributed by atoms with Crippen LogP contribution in [0, 0.1) is 6.92 Å². The summed E-state index contributed by atoms with van der Waals surface area (Å²) in [5, 5.41) is 0. The molecule has 1 saturated carbocycles. The number of aryl methyl sites for hydroxylation is 1. The summed E-state index contributed by atoms with van der Waals surface area (Å²) in [5.41, 5.74) is 1.37. The van der Waals surface area contributed by atoms with Gasteiger partial charge < -0.3 is 4.74 Å². The van der Waals surface area contributed by atoms with E-state index in [0.717, 1.165) is 24.0 Å². The molecule has 1 aliphatic rings. The molecule has 0 atom stereocenters. The Morgan fingerprint density at radius 1 is 1.09 bits per heavy atom. The number of hydrogen-bond donors (Lipinski definition) is 1. The largest absolute Gasteiger partial charge is 0.496 e. The molecule has 0 amide bonds. The lowest BCUT2D eigenvalue weighted by molar-refractivity contribution is 0.411. The van der Waals surface area contributed by atoms with Gasteiger partial charge >= 0.3 is 0 Å². The van der Waals surface area contributed by atoms with Crippen molar-refractivity contribution in [2.75, 3.05) is 7.11 Å². The lowest BCUT2D eigenvalue weighted by atomic mass is 10.1. The van der Waals surface area contributed by atoms with Crippen LogP contribution in [0.25, 0.3) is 0 Å². The van der Waals surface area contributed by atoms with Gasteiger partial charge in [-0.15, -0.1) is 0 Å². The van der Waals surface area contributed by atoms with Crippen LogP contribution in [0.4, 0.5) is 0 Å². The summed E-state index contributed by atoms with van der Waals surface area (Å²) in [4.78, 5) is 0.271. The van der Waals surface area contributed by atoms with Crippen molar-refractivity contribution in [1.29, 1.82) is 0 Å². The van der Waals surface area contributed by atoms with Gasteiger partial charge in [0.25, 0.3) is 0 Å². The van der Waals surface area contributed by atoms with Gasteiger partial charge in [-0.3, -0.25) is 0 Å². The van der Waals surface area contributed by atoms with Gasteiger partial charge in [0, 0.05) is 0 Å². The zero-order valence-electron chi connectivity index (χ0n) is 12.7. The molecule has 2 aromatic carbocycles. The maximum absolute atomic E-state index is 12.7. The molecule has 22 heavy (non-hydrogen) atoms. The van der Waals surface area contributed by atoms with Crippen LogP contribution in [0.1, 0.15) is 24.0 Å². The average Bonchev–Trinajstić information content (AvgIpc) is 3.28. The normalized spacial score (nSPS) is 16.3. The van der Waals surface area contributed by atoms with Crippen molar-refractivity contribution < 1.29 is 13.2 Å². The molecular weight excluding hydrogens is 298 g/mol. The van der Waals surface area contributed by atoms with Crippen LogP contribution in [0.15, 0.2) is 53.4 Å². The first-order valence-electron chi connectivity index (χ1n) is 7.21. The summed E-state index contributed by atoms with van der Waals surface area (Å²) in [7, 11) is -1.98. The summed E-state index contributed by atoms with van der Waals surface area (Å²) < 4.78 is 33.4. The third-order valence-electron chi connectivity index (χ3n) is 4.08. The van der Waals surface area contributed by atoms with Crippen LogP contribution in [0.5, 0.6) is 5.75 Å². The van der Waals surface area contributed by atoms with Gasteiger partial charge in [-0.1, -0.05) is 30.3 Å². The third kappa shape index (κ3) is 2.74. The smallest absolute Gasteiger partial charge is 0.241 e. The fraction of sp³-hybridized carbons (Fsp3) is 0.294. The molecule has 3 rings (SSSR count). The Hall–Kier alpha value is -1.85. The van der Waals surface area contributed by atoms with Crippen molar-refractivity contribution in [3.05, 3.63) is 59.7 Å². The van der Waals surface area contributed by atoms with E-state index in [2.05, 4.69) is 4.72 Å². The summed E-state index contributed by atoms with van der Waals surface area (Å²) in [5.74, 6) is 0.683. The van der Waals surface area contributed by atoms with Gasteiger partial charge in [-0.05, 0) is 49.1 Å². The van der Waals surface area contributed by atoms with Crippen LogP contribution in [0.2, 0.25) is 0 Å². The maximum atomic E-state index is 12.7. The van der Waals surface area contributed by atoms with Crippen molar-refractivity contribution in [3.8, 4) is 5.75 Å². The highest BCUT2D eigenvalue weighted by Crippen LogP contribution is 2.46. The van der Waals surface area contributed by atoms with E-state index >= 15 is 0 Å². The van der Waals surface area contributed by atoms with Crippen LogP contribution in [-0.2, 0) is 15.6 Å². The molecule has 1 N–H and O–H groups in total. The van der Waals surface area contributed by atoms with Crippen molar-refractivity contribution >= 4 is 10.0 Å². The third-order valence-corrected chi connectivity index (χ3v) is 5.62. The molecule has 0 heterocycles. The second-order valence-corrected chi connectivity index (χ2v) is 7.37. The minimum Gasteiger partial charge on any atom is -0.496 e. The molecule has 0 radical (unpaired) electrons. The van der Waals surface area contributed by atoms with Crippen molar-refractivity contribution in [2.24, 2.45) is 0 Å². The van der Waals surface area contributed by atoms with Crippen LogP contribution in [-0.4, -0.2) is 15.5 Å². The zero-order chi connectivity index (χ0) is 15.8. The number of sulfonamides is 1. The monoisotopic (exact) mass is 317 g/mol. The fourth-order valence-electron chi connectivity index (χ4n) is 2.67. The van der Waals surface area contributed by atoms with Gasteiger partial charge in [0.15, 0.2) is 0 Å². The standard InChI is InChI=1S/C17H19NO3S/c1-13-12-15(8-9-16(13)21-2)22(19,20)18-17(10-11-17)14-6-4-3-5-7-14/h3-9,12,18H,10-11H2,1-2H3. The molecule has 116 valence electrons. The lowest BCUT2D eigenvalue weighted by Crippen LogP contribution is -2.34. The zero-order valence-corrected chi connectivity index (χ0v) is 13.5. The van der Waals surface area contributed by atoms with Crippen molar-refractivity contribution in [1.82, 2.24) is 4.72 Å². The molecule has 1 fully saturated rings. The number of nitrogens with one attached hydrogen (secondary N) is 1. The van der Waals surface area contributed by atoms with E-state index in [9.17, 15) is 8.42 Å². The molecule has 0 spiro atoms. The molecule has 5 heteroatoms. The first-order chi connectivity index (χ1) is 10.5. The first kappa shape index (κ1) is 15.1. The summed E-state index contributed by atoms with van der Waals surface area (Å²) >= 11 is 0. The topological polar surface area (TPSA) is 55.4 Å². The van der Waals surface area contributed by atoms with Gasteiger partial charge in [-0.25, -0.2) is 13.1 Å². The molecule has 2 aromatic rings. The number of hydrogen-bond acceptors (Lipinski definition) is 3. The second kappa shape index (κ2) is 5.41. The summed E-state index contributed by atoms with van der Waals surface area (Å²) in [6, 6.07) is 14.6. The Morgan fingerprint density at radius 3 is 2.32 bits per heavy atom. The molecule has 4 nitrogen and oxygen atoms in total. The van der Waals surface area contributed by atoms with Crippen molar-refractivity contribution in [2.45, 2.75) is 30.2 Å². The molecule has 0 unspecified atom stereocenters. The summed E-state index contributed by atoms with van der Waals surface area (Å²) in [6.45, 7) is 1.84. The van der Waals surface area contributed by atoms with Crippen LogP contribution < -0.4 is 9.46 Å². The summed E-state index contributed by atoms with van der Waals surface area (Å²) in [6.07, 6.45) is 1.65. The Balaban J connectivity index is 1.90. The second-order valence-electron chi connectivity index (χ2n) is 5.69. The molecule has 1 aliphatic carbocycles. The Bertz CT molecular complexity index is 781. The molecule has 0 aliphatic heterocycles. The first-order valence-corrected chi connectivity index (χ1v) is 8.69. The van der Waals surface area contributed by atoms with Gasteiger partial charge in [0.2, 0.25) is 10.0 Å². The molecular formula is C17H19NO3S. The Labute approximate surface area is 131 Å². The lowest BCUT2D eigenvalue weighted by Gasteiger charge is -2.18. The van der Waals surface area contributed by atoms with E-state index in [1.54, 1.807) is 25.3 Å². The highest BCUT2D eigenvalue weighted by molar-refractivity contribution is 7.89. The predicted octanol–water partition coefficient (Wildman–Crippen LogP) is 2.97. The van der Waals surface area contributed by atoms with E-state index in [-0.39, 0.29) is 4.90 Å². The molecule has 0 saturated heterocycles. The number of methoxy groups -OCH3 is 1. The maximum Gasteiger partial charge on any atom is 0.241 e. The van der Waals surface area contributed by atoms with Crippen molar-refractivity contribution in [3.63, 3.8) is 0 Å². The number of benzene rings is 2. The van der Waals surface area contributed by atoms with Gasteiger partial charge in [-0.2, -0.15) is 0 Å². The quantitative estimate of drug-likeness (QED) is 0.922. The molecule has 0 bridgehead atoms. The van der Waals surface area contributed by atoms with E-state index in [4.69, 9.17) is 4.74 Å². The number of ether oxygens (including phenoxy) is 1. The van der Waals surface area contributed by atoms with Crippen LogP contribution >= 0.6 is 0 Å². The Morgan fingerprint density at radius 2 is 1.77 bits per heavy atom.